The molecule has 1 unspecified atom stereocenters. The van der Waals surface area contributed by atoms with E-state index in [1.54, 1.807) is 25.4 Å². The van der Waals surface area contributed by atoms with Crippen LogP contribution < -0.4 is 20.1 Å². The third-order valence-corrected chi connectivity index (χ3v) is 5.67. The maximum Gasteiger partial charge on any atom is 0.573 e. The fraction of sp³-hybridized carbons (Fsp3) is 0.308. The summed E-state index contributed by atoms with van der Waals surface area (Å²) >= 11 is 0. The van der Waals surface area contributed by atoms with Crippen molar-refractivity contribution in [2.45, 2.75) is 39.7 Å². The number of urea groups is 1. The summed E-state index contributed by atoms with van der Waals surface area (Å²) < 4.78 is 47.1. The van der Waals surface area contributed by atoms with E-state index in [0.29, 0.717) is 18.0 Å². The van der Waals surface area contributed by atoms with Crippen LogP contribution >= 0.6 is 0 Å². The van der Waals surface area contributed by atoms with Crippen LogP contribution in [0.4, 0.5) is 29.3 Å². The van der Waals surface area contributed by atoms with Gasteiger partial charge < -0.3 is 24.9 Å². The molecule has 0 aliphatic carbocycles. The summed E-state index contributed by atoms with van der Waals surface area (Å²) in [6.45, 7) is 6.97. The van der Waals surface area contributed by atoms with Gasteiger partial charge in [0, 0.05) is 17.4 Å². The molecular weight excluding hydrogens is 489 g/mol. The second-order valence-electron chi connectivity index (χ2n) is 9.46. The van der Waals surface area contributed by atoms with E-state index in [0.717, 1.165) is 23.3 Å². The number of carbonyl (C=O) groups excluding carboxylic acids is 1. The monoisotopic (exact) mass is 516 g/mol. The summed E-state index contributed by atoms with van der Waals surface area (Å²) in [5, 5.41) is 7.15. The van der Waals surface area contributed by atoms with Gasteiger partial charge in [0.25, 0.3) is 0 Å². The summed E-state index contributed by atoms with van der Waals surface area (Å²) in [5.41, 5.74) is 2.47. The van der Waals surface area contributed by atoms with Crippen LogP contribution in [0.2, 0.25) is 0 Å². The van der Waals surface area contributed by atoms with Gasteiger partial charge in [-0.05, 0) is 53.4 Å². The summed E-state index contributed by atoms with van der Waals surface area (Å²) in [5.74, 6) is 0.389. The zero-order valence-electron chi connectivity index (χ0n) is 20.7. The first-order valence-corrected chi connectivity index (χ1v) is 11.4. The second kappa shape index (κ2) is 10.3. The van der Waals surface area contributed by atoms with Gasteiger partial charge in [-0.15, -0.1) is 13.2 Å². The first-order valence-electron chi connectivity index (χ1n) is 11.4. The normalized spacial score (nSPS) is 15.7. The van der Waals surface area contributed by atoms with Gasteiger partial charge in [0.05, 0.1) is 19.7 Å². The fourth-order valence-corrected chi connectivity index (χ4v) is 4.26. The predicted octanol–water partition coefficient (Wildman–Crippen LogP) is 6.88. The van der Waals surface area contributed by atoms with Gasteiger partial charge >= 0.3 is 12.4 Å². The molecule has 0 bridgehead atoms. The Hall–Kier alpha value is -3.83. The molecule has 196 valence electrons. The Morgan fingerprint density at radius 2 is 1.76 bits per heavy atom. The van der Waals surface area contributed by atoms with Crippen molar-refractivity contribution in [3.8, 4) is 17.4 Å². The molecule has 0 radical (unpaired) electrons. The van der Waals surface area contributed by atoms with Crippen molar-refractivity contribution >= 4 is 17.4 Å². The number of ether oxygens (including phenoxy) is 2. The minimum atomic E-state index is -4.79. The number of aromatic nitrogens is 1. The standard InChI is InChI=1S/C26H27F3N4O4/c1-25(2,3)22-21-16(15-33(22)35-4)7-5-9-20(21)36-23-19(8-6-14-30-23)32-24(34)31-17-10-12-18(13-11-17)37-26(27,28)29/h5-14,22H,15H2,1-4H3,(H2,31,32,34). The maximum absolute atomic E-state index is 12.6. The number of anilines is 2. The number of halogens is 3. The van der Waals surface area contributed by atoms with Crippen molar-refractivity contribution in [2.24, 2.45) is 5.41 Å². The number of rotatable bonds is 6. The summed E-state index contributed by atoms with van der Waals surface area (Å²) in [4.78, 5) is 22.5. The molecule has 1 aromatic heterocycles. The zero-order chi connectivity index (χ0) is 26.8. The number of amides is 2. The van der Waals surface area contributed by atoms with Crippen LogP contribution in [0.1, 0.15) is 37.9 Å². The molecule has 8 nitrogen and oxygen atoms in total. The molecule has 1 aliphatic heterocycles. The summed E-state index contributed by atoms with van der Waals surface area (Å²) in [6, 6.07) is 13.1. The molecule has 37 heavy (non-hydrogen) atoms. The molecule has 3 aromatic rings. The number of fused-ring (bicyclic) bond motifs is 1. The van der Waals surface area contributed by atoms with Gasteiger partial charge in [0.1, 0.15) is 17.2 Å². The van der Waals surface area contributed by atoms with Crippen molar-refractivity contribution in [3.63, 3.8) is 0 Å². The van der Waals surface area contributed by atoms with Crippen molar-refractivity contribution < 1.29 is 32.3 Å². The molecule has 11 heteroatoms. The zero-order valence-corrected chi connectivity index (χ0v) is 20.7. The molecule has 2 aromatic carbocycles. The van der Waals surface area contributed by atoms with Gasteiger partial charge in [-0.2, -0.15) is 5.06 Å². The molecule has 2 amide bonds. The predicted molar refractivity (Wildman–Crippen MR) is 131 cm³/mol. The average Bonchev–Trinajstić information content (AvgIpc) is 3.21. The van der Waals surface area contributed by atoms with E-state index in [-0.39, 0.29) is 23.0 Å². The van der Waals surface area contributed by atoms with Gasteiger partial charge in [-0.3, -0.25) is 0 Å². The number of nitrogens with zero attached hydrogens (tertiary/aromatic N) is 2. The lowest BCUT2D eigenvalue weighted by molar-refractivity contribution is -0.274. The van der Waals surface area contributed by atoms with E-state index in [2.05, 4.69) is 41.1 Å². The lowest BCUT2D eigenvalue weighted by Crippen LogP contribution is -2.31. The molecule has 1 aliphatic rings. The van der Waals surface area contributed by atoms with Crippen molar-refractivity contribution in [1.82, 2.24) is 10.0 Å². The maximum atomic E-state index is 12.6. The third kappa shape index (κ3) is 6.30. The van der Waals surface area contributed by atoms with Crippen LogP contribution in [-0.2, 0) is 11.4 Å². The Labute approximate surface area is 212 Å². The van der Waals surface area contributed by atoms with Crippen LogP contribution in [0.5, 0.6) is 17.4 Å². The second-order valence-corrected chi connectivity index (χ2v) is 9.46. The number of pyridine rings is 1. The molecule has 2 N–H and O–H groups in total. The number of benzene rings is 2. The fourth-order valence-electron chi connectivity index (χ4n) is 4.26. The molecule has 2 heterocycles. The van der Waals surface area contributed by atoms with Crippen LogP contribution in [0.3, 0.4) is 0 Å². The third-order valence-electron chi connectivity index (χ3n) is 5.67. The number of alkyl halides is 3. The number of hydrogen-bond acceptors (Lipinski definition) is 6. The highest BCUT2D eigenvalue weighted by molar-refractivity contribution is 6.00. The minimum Gasteiger partial charge on any atom is -0.437 e. The Bertz CT molecular complexity index is 1260. The molecule has 4 rings (SSSR count). The Morgan fingerprint density at radius 1 is 1.03 bits per heavy atom. The highest BCUT2D eigenvalue weighted by Gasteiger charge is 2.41. The van der Waals surface area contributed by atoms with E-state index in [4.69, 9.17) is 9.57 Å². The number of nitrogens with one attached hydrogen (secondary N) is 2. The largest absolute Gasteiger partial charge is 0.573 e. The average molecular weight is 517 g/mol. The molecular formula is C26H27F3N4O4. The number of hydroxylamine groups is 2. The number of carbonyl (C=O) groups is 1. The molecule has 0 spiro atoms. The summed E-state index contributed by atoms with van der Waals surface area (Å²) in [7, 11) is 1.64. The molecule has 0 saturated carbocycles. The van der Waals surface area contributed by atoms with Crippen molar-refractivity contribution in [2.75, 3.05) is 17.7 Å². The lowest BCUT2D eigenvalue weighted by Gasteiger charge is -2.34. The van der Waals surface area contributed by atoms with Crippen LogP contribution in [0.25, 0.3) is 0 Å². The molecule has 0 saturated heterocycles. The van der Waals surface area contributed by atoms with E-state index >= 15 is 0 Å². The number of hydrogen-bond donors (Lipinski definition) is 2. The smallest absolute Gasteiger partial charge is 0.437 e. The van der Waals surface area contributed by atoms with Crippen LogP contribution in [-0.4, -0.2) is 29.6 Å². The Morgan fingerprint density at radius 3 is 2.41 bits per heavy atom. The topological polar surface area (TPSA) is 85.0 Å². The SMILES string of the molecule is CON1Cc2cccc(Oc3ncccc3NC(=O)Nc3ccc(OC(F)(F)F)cc3)c2C1C(C)(C)C. The minimum absolute atomic E-state index is 0.0728. The molecule has 1 atom stereocenters. The van der Waals surface area contributed by atoms with Gasteiger partial charge in [0.2, 0.25) is 5.88 Å². The first-order chi connectivity index (χ1) is 17.4. The highest BCUT2D eigenvalue weighted by atomic mass is 19.4. The quantitative estimate of drug-likeness (QED) is 0.372. The summed E-state index contributed by atoms with van der Waals surface area (Å²) in [6.07, 6.45) is -3.25. The first kappa shape index (κ1) is 26.2. The van der Waals surface area contributed by atoms with Gasteiger partial charge in [-0.1, -0.05) is 32.9 Å². The van der Waals surface area contributed by atoms with E-state index in [1.807, 2.05) is 23.3 Å². The van der Waals surface area contributed by atoms with Crippen LogP contribution in [0.15, 0.2) is 60.8 Å². The van der Waals surface area contributed by atoms with Crippen molar-refractivity contribution in [3.05, 3.63) is 71.9 Å². The van der Waals surface area contributed by atoms with Gasteiger partial charge in [0.15, 0.2) is 0 Å². The van der Waals surface area contributed by atoms with E-state index in [9.17, 15) is 18.0 Å². The Balaban J connectivity index is 1.51. The Kier molecular flexibility index (Phi) is 7.28. The van der Waals surface area contributed by atoms with E-state index < -0.39 is 18.1 Å². The van der Waals surface area contributed by atoms with E-state index in [1.165, 1.54) is 12.1 Å². The van der Waals surface area contributed by atoms with Crippen molar-refractivity contribution in [1.29, 1.82) is 0 Å². The highest BCUT2D eigenvalue weighted by Crippen LogP contribution is 2.49. The molecule has 0 fully saturated rings. The van der Waals surface area contributed by atoms with Gasteiger partial charge in [-0.25, -0.2) is 9.78 Å². The lowest BCUT2D eigenvalue weighted by atomic mass is 9.82. The van der Waals surface area contributed by atoms with Crippen LogP contribution in [0, 0.1) is 5.41 Å².